The van der Waals surface area contributed by atoms with Crippen molar-refractivity contribution in [2.75, 3.05) is 10.0 Å². The van der Waals surface area contributed by atoms with Crippen molar-refractivity contribution >= 4 is 46.2 Å². The second kappa shape index (κ2) is 9.84. The van der Waals surface area contributed by atoms with E-state index >= 15 is 0 Å². The molecule has 2 amide bonds. The predicted molar refractivity (Wildman–Crippen MR) is 154 cm³/mol. The molecular weight excluding hydrogens is 496 g/mol. The van der Waals surface area contributed by atoms with E-state index in [1.807, 2.05) is 96.1 Å². The maximum Gasteiger partial charge on any atom is 0.256 e. The topological polar surface area (TPSA) is 65.3 Å². The van der Waals surface area contributed by atoms with Crippen LogP contribution in [0.5, 0.6) is 0 Å². The fraction of sp³-hybridized carbons (Fsp3) is 0.290. The number of hydrogen-bond donors (Lipinski definition) is 0. The number of halogens is 1. The monoisotopic (exact) mass is 526 g/mol. The third-order valence-corrected chi connectivity index (χ3v) is 7.85. The van der Waals surface area contributed by atoms with Gasteiger partial charge in [0.15, 0.2) is 0 Å². The lowest BCUT2D eigenvalue weighted by Crippen LogP contribution is -2.40. The third-order valence-electron chi connectivity index (χ3n) is 7.51. The van der Waals surface area contributed by atoms with Gasteiger partial charge in [-0.05, 0) is 76.4 Å². The Morgan fingerprint density at radius 1 is 0.684 bits per heavy atom. The van der Waals surface area contributed by atoms with Gasteiger partial charge in [-0.1, -0.05) is 65.2 Å². The molecule has 2 atom stereocenters. The summed E-state index contributed by atoms with van der Waals surface area (Å²) in [6.07, 6.45) is 0. The van der Waals surface area contributed by atoms with Crippen LogP contribution in [0.1, 0.15) is 47.6 Å². The van der Waals surface area contributed by atoms with E-state index in [2.05, 4.69) is 0 Å². The van der Waals surface area contributed by atoms with E-state index in [-0.39, 0.29) is 11.8 Å². The van der Waals surface area contributed by atoms with Crippen molar-refractivity contribution in [3.05, 3.63) is 93.5 Å². The van der Waals surface area contributed by atoms with Crippen LogP contribution in [-0.4, -0.2) is 23.2 Å². The quantitative estimate of drug-likeness (QED) is 0.369. The fourth-order valence-corrected chi connectivity index (χ4v) is 5.98. The Morgan fingerprint density at radius 2 is 1.13 bits per heavy atom. The fourth-order valence-electron chi connectivity index (χ4n) is 5.71. The van der Waals surface area contributed by atoms with Gasteiger partial charge in [0.25, 0.3) is 11.8 Å². The van der Waals surface area contributed by atoms with Crippen LogP contribution in [0.4, 0.5) is 11.4 Å². The van der Waals surface area contributed by atoms with Crippen molar-refractivity contribution in [2.24, 2.45) is 22.0 Å². The number of amides is 2. The molecule has 3 aromatic rings. The summed E-state index contributed by atoms with van der Waals surface area (Å²) in [5.74, 6) is -2.26. The van der Waals surface area contributed by atoms with E-state index in [4.69, 9.17) is 21.8 Å². The van der Waals surface area contributed by atoms with E-state index in [9.17, 15) is 9.59 Å². The Balaban J connectivity index is 1.60. The number of rotatable bonds is 5. The summed E-state index contributed by atoms with van der Waals surface area (Å²) in [6.45, 7) is 11.7. The van der Waals surface area contributed by atoms with Crippen LogP contribution in [0.15, 0.2) is 70.9 Å². The highest BCUT2D eigenvalue weighted by Gasteiger charge is 2.50. The van der Waals surface area contributed by atoms with Crippen molar-refractivity contribution in [2.45, 2.75) is 47.5 Å². The number of carbonyl (C=O) groups is 2. The van der Waals surface area contributed by atoms with E-state index < -0.39 is 17.8 Å². The Labute approximate surface area is 228 Å². The lowest BCUT2D eigenvalue weighted by molar-refractivity contribution is -0.122. The van der Waals surface area contributed by atoms with E-state index in [1.54, 1.807) is 6.07 Å². The first-order valence-corrected chi connectivity index (χ1v) is 13.1. The number of benzene rings is 3. The Hall–Kier alpha value is -3.77. The molecule has 6 nitrogen and oxygen atoms in total. The largest absolute Gasteiger partial charge is 0.272 e. The van der Waals surface area contributed by atoms with Crippen LogP contribution in [0, 0.1) is 39.5 Å². The zero-order chi connectivity index (χ0) is 27.3. The normalized spacial score (nSPS) is 20.2. The molecular formula is C31H31ClN4O2. The van der Waals surface area contributed by atoms with E-state index in [0.29, 0.717) is 16.4 Å². The maximum absolute atomic E-state index is 14.1. The zero-order valence-corrected chi connectivity index (χ0v) is 23.2. The highest BCUT2D eigenvalue weighted by Crippen LogP contribution is 2.45. The molecule has 194 valence electrons. The summed E-state index contributed by atoms with van der Waals surface area (Å²) in [7, 11) is 0. The van der Waals surface area contributed by atoms with Gasteiger partial charge in [-0.2, -0.15) is 20.2 Å². The molecule has 0 aromatic heterocycles. The highest BCUT2D eigenvalue weighted by atomic mass is 35.5. The van der Waals surface area contributed by atoms with Gasteiger partial charge in [0.2, 0.25) is 0 Å². The second-order valence-electron chi connectivity index (χ2n) is 10.4. The molecule has 0 fully saturated rings. The number of hydrazone groups is 2. The lowest BCUT2D eigenvalue weighted by Gasteiger charge is -2.29. The molecule has 0 bridgehead atoms. The predicted octanol–water partition coefficient (Wildman–Crippen LogP) is 6.74. The summed E-state index contributed by atoms with van der Waals surface area (Å²) in [5, 5.41) is 12.9. The SMILES string of the molecule is CC1=NN(c2ccc(C)cc2C)C(=O)C1C(c1ccccc1Cl)C1C(=O)N(c2ccc(C)cc2C)N=C1C. The standard InChI is InChI=1S/C31H31ClN4O2/c1-17-11-13-25(19(3)15-17)35-30(37)27(21(5)33-35)29(23-9-7-8-10-24(23)32)28-22(6)34-36(31(28)38)26-14-12-18(2)16-20(26)4/h7-16,27-29H,1-6H3. The first kappa shape index (κ1) is 25.9. The second-order valence-corrected chi connectivity index (χ2v) is 10.8. The average molecular weight is 527 g/mol. The minimum absolute atomic E-state index is 0.176. The molecule has 0 radical (unpaired) electrons. The van der Waals surface area contributed by atoms with Crippen LogP contribution >= 0.6 is 11.6 Å². The van der Waals surface area contributed by atoms with Crippen molar-refractivity contribution in [3.8, 4) is 0 Å². The number of carbonyl (C=O) groups excluding carboxylic acids is 2. The molecule has 0 aliphatic carbocycles. The maximum atomic E-state index is 14.1. The van der Waals surface area contributed by atoms with Crippen LogP contribution in [0.3, 0.4) is 0 Å². The average Bonchev–Trinajstić information content (AvgIpc) is 3.30. The number of aryl methyl sites for hydroxylation is 4. The summed E-state index contributed by atoms with van der Waals surface area (Å²) < 4.78 is 0. The Kier molecular flexibility index (Phi) is 6.70. The van der Waals surface area contributed by atoms with Gasteiger partial charge in [0.05, 0.1) is 23.2 Å². The van der Waals surface area contributed by atoms with Crippen LogP contribution in [0.25, 0.3) is 0 Å². The number of nitrogens with zero attached hydrogens (tertiary/aromatic N) is 4. The molecule has 0 saturated carbocycles. The summed E-state index contributed by atoms with van der Waals surface area (Å²) >= 11 is 6.73. The summed E-state index contributed by atoms with van der Waals surface area (Å²) in [6, 6.07) is 19.3. The molecule has 3 aromatic carbocycles. The third kappa shape index (κ3) is 4.33. The Bertz CT molecular complexity index is 1430. The minimum Gasteiger partial charge on any atom is -0.272 e. The molecule has 0 spiro atoms. The summed E-state index contributed by atoms with van der Waals surface area (Å²) in [4.78, 5) is 28.2. The molecule has 38 heavy (non-hydrogen) atoms. The zero-order valence-electron chi connectivity index (χ0n) is 22.5. The molecule has 0 N–H and O–H groups in total. The van der Waals surface area contributed by atoms with Crippen molar-refractivity contribution in [1.29, 1.82) is 0 Å². The number of hydrogen-bond acceptors (Lipinski definition) is 4. The Morgan fingerprint density at radius 3 is 1.55 bits per heavy atom. The molecule has 2 heterocycles. The van der Waals surface area contributed by atoms with Gasteiger partial charge in [0, 0.05) is 22.4 Å². The van der Waals surface area contributed by atoms with Crippen LogP contribution < -0.4 is 10.0 Å². The number of anilines is 2. The van der Waals surface area contributed by atoms with Crippen molar-refractivity contribution in [1.82, 2.24) is 0 Å². The smallest absolute Gasteiger partial charge is 0.256 e. The van der Waals surface area contributed by atoms with Crippen molar-refractivity contribution < 1.29 is 9.59 Å². The van der Waals surface area contributed by atoms with Gasteiger partial charge in [-0.25, -0.2) is 0 Å². The summed E-state index contributed by atoms with van der Waals surface area (Å²) in [5.41, 5.74) is 7.63. The molecule has 5 rings (SSSR count). The van der Waals surface area contributed by atoms with Gasteiger partial charge in [-0.3, -0.25) is 9.59 Å². The van der Waals surface area contributed by atoms with Gasteiger partial charge in [0.1, 0.15) is 0 Å². The first-order valence-electron chi connectivity index (χ1n) is 12.8. The van der Waals surface area contributed by atoms with Crippen molar-refractivity contribution in [3.63, 3.8) is 0 Å². The van der Waals surface area contributed by atoms with Gasteiger partial charge >= 0.3 is 0 Å². The van der Waals surface area contributed by atoms with Crippen LogP contribution in [0.2, 0.25) is 5.02 Å². The molecule has 2 aliphatic rings. The van der Waals surface area contributed by atoms with E-state index in [0.717, 1.165) is 39.2 Å². The molecule has 2 unspecified atom stereocenters. The highest BCUT2D eigenvalue weighted by molar-refractivity contribution is 6.31. The molecule has 0 saturated heterocycles. The van der Waals surface area contributed by atoms with E-state index in [1.165, 1.54) is 10.0 Å². The lowest BCUT2D eigenvalue weighted by atomic mass is 9.73. The molecule has 2 aliphatic heterocycles. The van der Waals surface area contributed by atoms with Gasteiger partial charge < -0.3 is 0 Å². The minimum atomic E-state index is -0.672. The van der Waals surface area contributed by atoms with Gasteiger partial charge in [-0.15, -0.1) is 0 Å². The first-order chi connectivity index (χ1) is 18.1. The molecule has 7 heteroatoms. The van der Waals surface area contributed by atoms with Crippen LogP contribution in [-0.2, 0) is 9.59 Å².